The Hall–Kier alpha value is -1.27. The average molecular weight is 1040 g/mol. The summed E-state index contributed by atoms with van der Waals surface area (Å²) in [5, 5.41) is 87.1. The summed E-state index contributed by atoms with van der Waals surface area (Å²) in [6, 6.07) is -0.829. The summed E-state index contributed by atoms with van der Waals surface area (Å²) in [6.07, 6.45) is 35.4. The van der Waals surface area contributed by atoms with Gasteiger partial charge in [-0.2, -0.15) is 0 Å². The molecule has 2 rings (SSSR count). The van der Waals surface area contributed by atoms with E-state index in [1.54, 1.807) is 0 Å². The van der Waals surface area contributed by atoms with Gasteiger partial charge in [-0.15, -0.1) is 0 Å². The van der Waals surface area contributed by atoms with Crippen molar-refractivity contribution < 1.29 is 64.6 Å². The van der Waals surface area contributed by atoms with Crippen LogP contribution >= 0.6 is 0 Å². The van der Waals surface area contributed by atoms with Gasteiger partial charge in [-0.25, -0.2) is 0 Å². The van der Waals surface area contributed by atoms with Crippen LogP contribution < -0.4 is 5.32 Å². The molecule has 0 aliphatic carbocycles. The largest absolute Gasteiger partial charge is 0.394 e. The third kappa shape index (κ3) is 31.7. The monoisotopic (exact) mass is 1040 g/mol. The summed E-state index contributed by atoms with van der Waals surface area (Å²) in [5.41, 5.74) is 0. The van der Waals surface area contributed by atoms with Crippen LogP contribution in [0.3, 0.4) is 0 Å². The van der Waals surface area contributed by atoms with Gasteiger partial charge in [0.1, 0.15) is 48.8 Å². The van der Waals surface area contributed by atoms with Crippen LogP contribution in [0, 0.1) is 0 Å². The standard InChI is InChI=1S/C59H113NO13/c1-3-5-7-9-11-13-15-16-17-18-19-20-21-22-23-24-25-26-27-28-29-30-31-32-33-34-36-38-40-42-48(63)47(60-51(64)43-41-39-37-35-14-12-10-8-6-4-2)46-70-58-56(69)54(67)57(50(45-62)72-58)73-59-55(68)53(66)52(65)49(44-61)71-59/h8,10,47-50,52-59,61-63,65-69H,3-7,9,11-46H2,1-2H3,(H,60,64)/b10-8-. The molecule has 0 radical (unpaired) electrons. The Labute approximate surface area is 444 Å². The Morgan fingerprint density at radius 2 is 0.890 bits per heavy atom. The average Bonchev–Trinajstić information content (AvgIpc) is 3.39. The second-order valence-electron chi connectivity index (χ2n) is 21.8. The number of rotatable bonds is 49. The zero-order valence-electron chi connectivity index (χ0n) is 46.4. The molecule has 0 bridgehead atoms. The van der Waals surface area contributed by atoms with Gasteiger partial charge in [-0.1, -0.05) is 238 Å². The predicted molar refractivity (Wildman–Crippen MR) is 291 cm³/mol. The molecule has 2 aliphatic heterocycles. The summed E-state index contributed by atoms with van der Waals surface area (Å²) >= 11 is 0. The lowest BCUT2D eigenvalue weighted by Crippen LogP contribution is -2.65. The lowest BCUT2D eigenvalue weighted by molar-refractivity contribution is -0.359. The summed E-state index contributed by atoms with van der Waals surface area (Å²) < 4.78 is 22.8. The molecule has 73 heavy (non-hydrogen) atoms. The number of aliphatic hydroxyl groups excluding tert-OH is 8. The van der Waals surface area contributed by atoms with Crippen molar-refractivity contribution in [3.8, 4) is 0 Å². The molecule has 12 atom stereocenters. The van der Waals surface area contributed by atoms with E-state index >= 15 is 0 Å². The number of allylic oxidation sites excluding steroid dienone is 2. The second kappa shape index (κ2) is 45.7. The van der Waals surface area contributed by atoms with Gasteiger partial charge in [0.05, 0.1) is 32.0 Å². The SMILES string of the molecule is CCC/C=C\CCCCCCCC(=O)NC(COC1OC(CO)C(OC2OC(CO)C(O)C(O)C2O)C(O)C1O)C(O)CCCCCCCCCCCCCCCCCCCCCCCCCCCCCCC. The van der Waals surface area contributed by atoms with Crippen molar-refractivity contribution >= 4 is 5.91 Å². The molecule has 2 aliphatic rings. The number of hydrogen-bond donors (Lipinski definition) is 9. The number of carbonyl (C=O) groups excluding carboxylic acids is 1. The highest BCUT2D eigenvalue weighted by Gasteiger charge is 2.51. The third-order valence-electron chi connectivity index (χ3n) is 15.2. The van der Waals surface area contributed by atoms with Crippen LogP contribution in [0.25, 0.3) is 0 Å². The minimum Gasteiger partial charge on any atom is -0.394 e. The maximum atomic E-state index is 13.2. The van der Waals surface area contributed by atoms with Gasteiger partial charge in [0.25, 0.3) is 0 Å². The first kappa shape index (κ1) is 67.8. The Kier molecular flexibility index (Phi) is 42.5. The van der Waals surface area contributed by atoms with E-state index in [2.05, 4.69) is 31.3 Å². The van der Waals surface area contributed by atoms with Crippen LogP contribution in [0.4, 0.5) is 0 Å². The molecule has 2 saturated heterocycles. The van der Waals surface area contributed by atoms with E-state index in [-0.39, 0.29) is 12.5 Å². The molecular weight excluding hydrogens is 931 g/mol. The van der Waals surface area contributed by atoms with Crippen LogP contribution in [0.2, 0.25) is 0 Å². The third-order valence-corrected chi connectivity index (χ3v) is 15.2. The molecule has 0 saturated carbocycles. The van der Waals surface area contributed by atoms with Gasteiger partial charge in [0.2, 0.25) is 5.91 Å². The molecule has 14 nitrogen and oxygen atoms in total. The number of nitrogens with one attached hydrogen (secondary N) is 1. The van der Waals surface area contributed by atoms with Crippen molar-refractivity contribution in [1.82, 2.24) is 5.32 Å². The quantitative estimate of drug-likeness (QED) is 0.0204. The molecule has 2 heterocycles. The summed E-state index contributed by atoms with van der Waals surface area (Å²) in [7, 11) is 0. The summed E-state index contributed by atoms with van der Waals surface area (Å²) in [6.45, 7) is 2.81. The van der Waals surface area contributed by atoms with Crippen molar-refractivity contribution in [3.05, 3.63) is 12.2 Å². The van der Waals surface area contributed by atoms with E-state index in [9.17, 15) is 45.6 Å². The van der Waals surface area contributed by atoms with E-state index in [4.69, 9.17) is 18.9 Å². The van der Waals surface area contributed by atoms with E-state index in [1.807, 2.05) is 0 Å². The van der Waals surface area contributed by atoms with Gasteiger partial charge in [0, 0.05) is 6.42 Å². The Morgan fingerprint density at radius 1 is 0.479 bits per heavy atom. The van der Waals surface area contributed by atoms with Crippen molar-refractivity contribution in [3.63, 3.8) is 0 Å². The maximum Gasteiger partial charge on any atom is 0.220 e. The number of aliphatic hydroxyl groups is 8. The normalized spacial score (nSPS) is 25.4. The molecule has 0 spiro atoms. The molecular formula is C59H113NO13. The molecule has 1 amide bonds. The Balaban J connectivity index is 1.64. The fourth-order valence-electron chi connectivity index (χ4n) is 10.3. The van der Waals surface area contributed by atoms with Crippen molar-refractivity contribution in [2.75, 3.05) is 19.8 Å². The van der Waals surface area contributed by atoms with Gasteiger partial charge in [-0.05, 0) is 32.1 Å². The van der Waals surface area contributed by atoms with Crippen molar-refractivity contribution in [2.24, 2.45) is 0 Å². The highest BCUT2D eigenvalue weighted by molar-refractivity contribution is 5.76. The molecule has 14 heteroatoms. The zero-order valence-corrected chi connectivity index (χ0v) is 46.4. The lowest BCUT2D eigenvalue weighted by Gasteiger charge is -2.46. The van der Waals surface area contributed by atoms with E-state index in [0.29, 0.717) is 19.3 Å². The molecule has 0 aromatic heterocycles. The van der Waals surface area contributed by atoms with Crippen LogP contribution in [-0.2, 0) is 23.7 Å². The number of ether oxygens (including phenoxy) is 4. The van der Waals surface area contributed by atoms with Gasteiger partial charge < -0.3 is 65.1 Å². The molecule has 12 unspecified atom stereocenters. The first-order chi connectivity index (χ1) is 35.6. The number of unbranched alkanes of at least 4 members (excludes halogenated alkanes) is 34. The molecule has 0 aromatic carbocycles. The fourth-order valence-corrected chi connectivity index (χ4v) is 10.3. The van der Waals surface area contributed by atoms with Crippen molar-refractivity contribution in [2.45, 2.75) is 338 Å². The number of carbonyl (C=O) groups is 1. The van der Waals surface area contributed by atoms with Gasteiger partial charge in [0.15, 0.2) is 12.6 Å². The lowest BCUT2D eigenvalue weighted by atomic mass is 9.97. The molecule has 9 N–H and O–H groups in total. The second-order valence-corrected chi connectivity index (χ2v) is 21.8. The first-order valence-electron chi connectivity index (χ1n) is 30.4. The van der Waals surface area contributed by atoms with Gasteiger partial charge in [-0.3, -0.25) is 4.79 Å². The van der Waals surface area contributed by atoms with E-state index < -0.39 is 86.8 Å². The zero-order chi connectivity index (χ0) is 53.2. The molecule has 0 aromatic rings. The van der Waals surface area contributed by atoms with Gasteiger partial charge >= 0.3 is 0 Å². The minimum atomic E-state index is -1.78. The Bertz CT molecular complexity index is 1280. The van der Waals surface area contributed by atoms with Crippen LogP contribution in [0.15, 0.2) is 12.2 Å². The Morgan fingerprint density at radius 3 is 1.36 bits per heavy atom. The highest BCUT2D eigenvalue weighted by atomic mass is 16.7. The molecule has 432 valence electrons. The van der Waals surface area contributed by atoms with E-state index in [0.717, 1.165) is 70.6 Å². The highest BCUT2D eigenvalue weighted by Crippen LogP contribution is 2.30. The summed E-state index contributed by atoms with van der Waals surface area (Å²) in [5.74, 6) is -0.216. The van der Waals surface area contributed by atoms with Crippen LogP contribution in [0.1, 0.15) is 264 Å². The minimum absolute atomic E-state index is 0.216. The maximum absolute atomic E-state index is 13.2. The molecule has 2 fully saturated rings. The fraction of sp³-hybridized carbons (Fsp3) is 0.949. The van der Waals surface area contributed by atoms with E-state index in [1.165, 1.54) is 161 Å². The number of hydrogen-bond acceptors (Lipinski definition) is 13. The first-order valence-corrected chi connectivity index (χ1v) is 30.4. The topological polar surface area (TPSA) is 228 Å². The van der Waals surface area contributed by atoms with Crippen LogP contribution in [0.5, 0.6) is 0 Å². The van der Waals surface area contributed by atoms with Crippen molar-refractivity contribution in [1.29, 1.82) is 0 Å². The van der Waals surface area contributed by atoms with Crippen LogP contribution in [-0.4, -0.2) is 140 Å². The number of amides is 1. The predicted octanol–water partition coefficient (Wildman–Crippen LogP) is 10.3. The smallest absolute Gasteiger partial charge is 0.220 e. The summed E-state index contributed by atoms with van der Waals surface area (Å²) in [4.78, 5) is 13.2.